The Kier molecular flexibility index (Phi) is 7.43. The highest BCUT2D eigenvalue weighted by Gasteiger charge is 2.19. The molecule has 0 spiro atoms. The Bertz CT molecular complexity index is 1200. The zero-order chi connectivity index (χ0) is 23.1. The number of carbonyl (C=O) groups is 1. The first-order valence-electron chi connectivity index (χ1n) is 10.3. The summed E-state index contributed by atoms with van der Waals surface area (Å²) < 4.78 is 43.5. The van der Waals surface area contributed by atoms with Gasteiger partial charge in [-0.25, -0.2) is 18.1 Å². The second-order valence-corrected chi connectivity index (χ2v) is 9.73. The molecule has 0 saturated heterocycles. The largest absolute Gasteiger partial charge is 0.486 e. The number of hydrogen-bond donors (Lipinski definition) is 2. The summed E-state index contributed by atoms with van der Waals surface area (Å²) in [5.74, 6) is 0.502. The molecule has 1 aliphatic rings. The van der Waals surface area contributed by atoms with Crippen molar-refractivity contribution in [2.24, 2.45) is 0 Å². The molecule has 1 aromatic heterocycles. The topological polar surface area (TPSA) is 116 Å². The summed E-state index contributed by atoms with van der Waals surface area (Å²) >= 11 is 1.42. The Hall–Kier alpha value is -3.15. The third-order valence-electron chi connectivity index (χ3n) is 4.63. The Labute approximate surface area is 195 Å². The molecule has 4 rings (SSSR count). The third-order valence-corrected chi connectivity index (χ3v) is 6.90. The number of hydrogen-bond acceptors (Lipinski definition) is 9. The average Bonchev–Trinajstić information content (AvgIpc) is 3.28. The van der Waals surface area contributed by atoms with Crippen molar-refractivity contribution >= 4 is 38.1 Å². The number of carbonyl (C=O) groups excluding carboxylic acids is 1. The molecule has 0 saturated carbocycles. The highest BCUT2D eigenvalue weighted by molar-refractivity contribution is 7.89. The number of fused-ring (bicyclic) bond motifs is 1. The van der Waals surface area contributed by atoms with Gasteiger partial charge in [0.2, 0.25) is 10.0 Å². The first kappa shape index (κ1) is 23.0. The van der Waals surface area contributed by atoms with Gasteiger partial charge in [0.25, 0.3) is 0 Å². The van der Waals surface area contributed by atoms with Crippen LogP contribution in [0.3, 0.4) is 0 Å². The lowest BCUT2D eigenvalue weighted by Gasteiger charge is -2.18. The maximum atomic E-state index is 12.5. The molecule has 2 aromatic carbocycles. The van der Waals surface area contributed by atoms with Crippen LogP contribution in [0, 0.1) is 0 Å². The molecule has 2 N–H and O–H groups in total. The average molecular weight is 490 g/mol. The van der Waals surface area contributed by atoms with Crippen LogP contribution in [-0.4, -0.2) is 39.1 Å². The number of nitrogens with zero attached hydrogens (tertiary/aromatic N) is 1. The van der Waals surface area contributed by atoms with Crippen molar-refractivity contribution in [1.82, 2.24) is 9.71 Å². The number of anilines is 2. The molecule has 0 radical (unpaired) electrons. The first-order valence-corrected chi connectivity index (χ1v) is 12.7. The maximum absolute atomic E-state index is 12.5. The van der Waals surface area contributed by atoms with E-state index in [1.807, 2.05) is 35.7 Å². The van der Waals surface area contributed by atoms with Crippen molar-refractivity contribution < 1.29 is 27.4 Å². The fourth-order valence-electron chi connectivity index (χ4n) is 3.02. The molecule has 1 aliphatic heterocycles. The smallest absolute Gasteiger partial charge is 0.306 e. The number of para-hydroxylation sites is 1. The van der Waals surface area contributed by atoms with Gasteiger partial charge in [-0.2, -0.15) is 0 Å². The summed E-state index contributed by atoms with van der Waals surface area (Å²) in [5.41, 5.74) is 1.57. The molecule has 0 fully saturated rings. The lowest BCUT2D eigenvalue weighted by atomic mass is 10.3. The van der Waals surface area contributed by atoms with Gasteiger partial charge in [-0.1, -0.05) is 18.2 Å². The molecule has 174 valence electrons. The van der Waals surface area contributed by atoms with E-state index < -0.39 is 16.0 Å². The predicted molar refractivity (Wildman–Crippen MR) is 123 cm³/mol. The monoisotopic (exact) mass is 489 g/mol. The number of nitrogens with one attached hydrogen (secondary N) is 2. The third kappa shape index (κ3) is 6.44. The van der Waals surface area contributed by atoms with Crippen LogP contribution in [0.2, 0.25) is 0 Å². The number of aromatic nitrogens is 1. The molecule has 2 heterocycles. The molecule has 0 unspecified atom stereocenters. The zero-order valence-electron chi connectivity index (χ0n) is 17.7. The summed E-state index contributed by atoms with van der Waals surface area (Å²) in [7, 11) is -3.72. The fourth-order valence-corrected chi connectivity index (χ4v) is 4.82. The quantitative estimate of drug-likeness (QED) is 0.329. The lowest BCUT2D eigenvalue weighted by Crippen LogP contribution is -2.25. The van der Waals surface area contributed by atoms with Crippen LogP contribution in [0.25, 0.3) is 0 Å². The minimum Gasteiger partial charge on any atom is -0.486 e. The van der Waals surface area contributed by atoms with Crippen molar-refractivity contribution in [2.75, 3.05) is 25.1 Å². The highest BCUT2D eigenvalue weighted by atomic mass is 32.2. The van der Waals surface area contributed by atoms with E-state index >= 15 is 0 Å². The van der Waals surface area contributed by atoms with Crippen LogP contribution in [0.5, 0.6) is 11.5 Å². The van der Waals surface area contributed by atoms with E-state index in [2.05, 4.69) is 15.0 Å². The molecular formula is C22H23N3O6S2. The van der Waals surface area contributed by atoms with Crippen LogP contribution < -0.4 is 19.5 Å². The van der Waals surface area contributed by atoms with Crippen LogP contribution in [-0.2, 0) is 26.2 Å². The standard InChI is InChI=1S/C22H23N3O6S2/c26-21(31-14-17-15-32-22(25-17)24-16-5-2-1-3-6-16)7-4-10-23-33(27,28)18-8-9-19-20(13-18)30-12-11-29-19/h1-3,5-6,8-9,13,15,23H,4,7,10-12,14H2,(H,24,25). The number of esters is 1. The van der Waals surface area contributed by atoms with Crippen LogP contribution in [0.4, 0.5) is 10.8 Å². The van der Waals surface area contributed by atoms with Crippen LogP contribution in [0.15, 0.2) is 58.8 Å². The summed E-state index contributed by atoms with van der Waals surface area (Å²) in [6.07, 6.45) is 0.392. The molecule has 3 aromatic rings. The first-order chi connectivity index (χ1) is 16.0. The van der Waals surface area contributed by atoms with Crippen LogP contribution in [0.1, 0.15) is 18.5 Å². The van der Waals surface area contributed by atoms with Crippen molar-refractivity contribution in [1.29, 1.82) is 0 Å². The second-order valence-electron chi connectivity index (χ2n) is 7.10. The predicted octanol–water partition coefficient (Wildman–Crippen LogP) is 3.46. The van der Waals surface area contributed by atoms with Gasteiger partial charge in [0.15, 0.2) is 16.6 Å². The van der Waals surface area contributed by atoms with Gasteiger partial charge in [0.05, 0.1) is 10.6 Å². The van der Waals surface area contributed by atoms with E-state index in [1.165, 1.54) is 23.5 Å². The number of thiazole rings is 1. The lowest BCUT2D eigenvalue weighted by molar-refractivity contribution is -0.145. The number of ether oxygens (including phenoxy) is 3. The van der Waals surface area contributed by atoms with Gasteiger partial charge in [0, 0.05) is 30.1 Å². The molecule has 11 heteroatoms. The van der Waals surface area contributed by atoms with E-state index in [4.69, 9.17) is 14.2 Å². The second kappa shape index (κ2) is 10.6. The van der Waals surface area contributed by atoms with Crippen molar-refractivity contribution in [3.63, 3.8) is 0 Å². The maximum Gasteiger partial charge on any atom is 0.306 e. The number of benzene rings is 2. The van der Waals surface area contributed by atoms with Gasteiger partial charge < -0.3 is 19.5 Å². The fraction of sp³-hybridized carbons (Fsp3) is 0.273. The molecular weight excluding hydrogens is 466 g/mol. The van der Waals surface area contributed by atoms with Crippen molar-refractivity contribution in [3.05, 3.63) is 59.6 Å². The Morgan fingerprint density at radius 1 is 1.09 bits per heavy atom. The van der Waals surface area contributed by atoms with E-state index in [1.54, 1.807) is 6.07 Å². The van der Waals surface area contributed by atoms with E-state index in [-0.39, 0.29) is 24.5 Å². The summed E-state index contributed by atoms with van der Waals surface area (Å²) in [6, 6.07) is 14.1. The van der Waals surface area contributed by atoms with Gasteiger partial charge in [-0.05, 0) is 30.7 Å². The molecule has 33 heavy (non-hydrogen) atoms. The van der Waals surface area contributed by atoms with Crippen LogP contribution >= 0.6 is 11.3 Å². The Balaban J connectivity index is 1.18. The number of rotatable bonds is 10. The zero-order valence-corrected chi connectivity index (χ0v) is 19.3. The van der Waals surface area contributed by atoms with Crippen molar-refractivity contribution in [2.45, 2.75) is 24.3 Å². The van der Waals surface area contributed by atoms with Gasteiger partial charge in [-0.15, -0.1) is 11.3 Å². The van der Waals surface area contributed by atoms with E-state index in [9.17, 15) is 13.2 Å². The van der Waals surface area contributed by atoms with Gasteiger partial charge in [-0.3, -0.25) is 4.79 Å². The summed E-state index contributed by atoms with van der Waals surface area (Å²) in [6.45, 7) is 0.974. The van der Waals surface area contributed by atoms with Gasteiger partial charge >= 0.3 is 5.97 Å². The SMILES string of the molecule is O=C(CCCNS(=O)(=O)c1ccc2c(c1)OCCO2)OCc1csc(Nc2ccccc2)n1. The summed E-state index contributed by atoms with van der Waals surface area (Å²) in [4.78, 5) is 16.5. The summed E-state index contributed by atoms with van der Waals surface area (Å²) in [5, 5.41) is 5.71. The highest BCUT2D eigenvalue weighted by Crippen LogP contribution is 2.32. The Morgan fingerprint density at radius 2 is 1.88 bits per heavy atom. The van der Waals surface area contributed by atoms with E-state index in [0.29, 0.717) is 42.0 Å². The molecule has 0 bridgehead atoms. The van der Waals surface area contributed by atoms with E-state index in [0.717, 1.165) is 5.69 Å². The molecule has 0 amide bonds. The molecule has 0 atom stereocenters. The van der Waals surface area contributed by atoms with Gasteiger partial charge in [0.1, 0.15) is 19.8 Å². The minimum absolute atomic E-state index is 0.0642. The van der Waals surface area contributed by atoms with Crippen molar-refractivity contribution in [3.8, 4) is 11.5 Å². The molecule has 0 aliphatic carbocycles. The molecule has 9 nitrogen and oxygen atoms in total. The number of sulfonamides is 1. The Morgan fingerprint density at radius 3 is 2.70 bits per heavy atom. The minimum atomic E-state index is -3.72. The normalized spacial score (nSPS) is 12.8.